The molecule has 0 aliphatic rings. The average molecular weight is 245 g/mol. The SMILES string of the molecule is CCCCCCCC(N)(CC(C)O)CC(C)O. The van der Waals surface area contributed by atoms with Gasteiger partial charge in [0.15, 0.2) is 0 Å². The standard InChI is InChI=1S/C14H31NO2/c1-4-5-6-7-8-9-14(15,10-12(2)16)11-13(3)17/h12-13,16-17H,4-11,15H2,1-3H3. The molecule has 0 aliphatic heterocycles. The maximum atomic E-state index is 9.48. The molecule has 0 saturated carbocycles. The van der Waals surface area contributed by atoms with Crippen molar-refractivity contribution in [2.45, 2.75) is 89.9 Å². The van der Waals surface area contributed by atoms with E-state index in [4.69, 9.17) is 5.73 Å². The van der Waals surface area contributed by atoms with Crippen molar-refractivity contribution in [3.05, 3.63) is 0 Å². The lowest BCUT2D eigenvalue weighted by atomic mass is 9.83. The Labute approximate surface area is 106 Å². The molecule has 0 amide bonds. The molecule has 0 saturated heterocycles. The Hall–Kier alpha value is -0.120. The summed E-state index contributed by atoms with van der Waals surface area (Å²) in [5, 5.41) is 19.0. The van der Waals surface area contributed by atoms with Crippen LogP contribution in [-0.2, 0) is 0 Å². The van der Waals surface area contributed by atoms with Gasteiger partial charge in [0.2, 0.25) is 0 Å². The zero-order chi connectivity index (χ0) is 13.3. The van der Waals surface area contributed by atoms with Gasteiger partial charge in [-0.05, 0) is 33.1 Å². The number of aliphatic hydroxyl groups excluding tert-OH is 2. The van der Waals surface area contributed by atoms with Crippen LogP contribution in [0.3, 0.4) is 0 Å². The summed E-state index contributed by atoms with van der Waals surface area (Å²) in [4.78, 5) is 0. The Morgan fingerprint density at radius 1 is 0.941 bits per heavy atom. The van der Waals surface area contributed by atoms with Crippen molar-refractivity contribution in [2.75, 3.05) is 0 Å². The van der Waals surface area contributed by atoms with Crippen molar-refractivity contribution in [1.82, 2.24) is 0 Å². The topological polar surface area (TPSA) is 66.5 Å². The summed E-state index contributed by atoms with van der Waals surface area (Å²) in [5.41, 5.74) is 5.89. The van der Waals surface area contributed by atoms with E-state index in [0.29, 0.717) is 12.8 Å². The van der Waals surface area contributed by atoms with E-state index in [2.05, 4.69) is 6.92 Å². The predicted molar refractivity (Wildman–Crippen MR) is 72.9 cm³/mol. The van der Waals surface area contributed by atoms with Gasteiger partial charge in [-0.25, -0.2) is 0 Å². The smallest absolute Gasteiger partial charge is 0.0529 e. The summed E-state index contributed by atoms with van der Waals surface area (Å²) in [6.07, 6.45) is 7.34. The highest BCUT2D eigenvalue weighted by molar-refractivity contribution is 4.87. The molecule has 0 aromatic heterocycles. The summed E-state index contributed by atoms with van der Waals surface area (Å²) < 4.78 is 0. The molecular weight excluding hydrogens is 214 g/mol. The van der Waals surface area contributed by atoms with Crippen LogP contribution >= 0.6 is 0 Å². The number of rotatable bonds is 10. The molecule has 2 atom stereocenters. The zero-order valence-electron chi connectivity index (χ0n) is 11.8. The quantitative estimate of drug-likeness (QED) is 0.518. The third-order valence-electron chi connectivity index (χ3n) is 3.18. The molecule has 3 heteroatoms. The van der Waals surface area contributed by atoms with Crippen LogP contribution in [0.15, 0.2) is 0 Å². The minimum Gasteiger partial charge on any atom is -0.393 e. The van der Waals surface area contributed by atoms with Crippen LogP contribution in [-0.4, -0.2) is 28.0 Å². The zero-order valence-corrected chi connectivity index (χ0v) is 11.8. The van der Waals surface area contributed by atoms with E-state index in [-0.39, 0.29) is 0 Å². The fourth-order valence-corrected chi connectivity index (χ4v) is 2.54. The third kappa shape index (κ3) is 9.57. The van der Waals surface area contributed by atoms with Gasteiger partial charge in [0.25, 0.3) is 0 Å². The first kappa shape index (κ1) is 16.9. The number of nitrogens with two attached hydrogens (primary N) is 1. The minimum absolute atomic E-state index is 0.394. The highest BCUT2D eigenvalue weighted by Gasteiger charge is 2.27. The van der Waals surface area contributed by atoms with Gasteiger partial charge in [-0.3, -0.25) is 0 Å². The van der Waals surface area contributed by atoms with E-state index in [0.717, 1.165) is 12.8 Å². The Bertz CT molecular complexity index is 171. The van der Waals surface area contributed by atoms with E-state index >= 15 is 0 Å². The monoisotopic (exact) mass is 245 g/mol. The van der Waals surface area contributed by atoms with E-state index < -0.39 is 17.7 Å². The maximum absolute atomic E-state index is 9.48. The fraction of sp³-hybridized carbons (Fsp3) is 1.00. The van der Waals surface area contributed by atoms with Crippen molar-refractivity contribution in [3.8, 4) is 0 Å². The van der Waals surface area contributed by atoms with Crippen molar-refractivity contribution in [1.29, 1.82) is 0 Å². The Balaban J connectivity index is 4.00. The molecular formula is C14H31NO2. The van der Waals surface area contributed by atoms with Crippen LogP contribution in [0.4, 0.5) is 0 Å². The first-order chi connectivity index (χ1) is 7.89. The van der Waals surface area contributed by atoms with E-state index in [1.54, 1.807) is 13.8 Å². The van der Waals surface area contributed by atoms with Crippen LogP contribution in [0.5, 0.6) is 0 Å². The Morgan fingerprint density at radius 3 is 1.82 bits per heavy atom. The van der Waals surface area contributed by atoms with Crippen molar-refractivity contribution in [3.63, 3.8) is 0 Å². The predicted octanol–water partition coefficient (Wildman–Crippen LogP) is 2.59. The van der Waals surface area contributed by atoms with Gasteiger partial charge >= 0.3 is 0 Å². The van der Waals surface area contributed by atoms with Crippen LogP contribution in [0.2, 0.25) is 0 Å². The largest absolute Gasteiger partial charge is 0.393 e. The maximum Gasteiger partial charge on any atom is 0.0529 e. The molecule has 0 radical (unpaired) electrons. The summed E-state index contributed by atoms with van der Waals surface area (Å²) in [5.74, 6) is 0. The van der Waals surface area contributed by atoms with E-state index in [1.807, 2.05) is 0 Å². The number of hydrogen-bond acceptors (Lipinski definition) is 3. The highest BCUT2D eigenvalue weighted by Crippen LogP contribution is 2.24. The molecule has 0 bridgehead atoms. The van der Waals surface area contributed by atoms with Crippen LogP contribution in [0.1, 0.15) is 72.1 Å². The number of hydrogen-bond donors (Lipinski definition) is 3. The second kappa shape index (κ2) is 8.90. The Kier molecular flexibility index (Phi) is 8.83. The summed E-state index contributed by atoms with van der Waals surface area (Å²) in [6, 6.07) is 0. The van der Waals surface area contributed by atoms with Gasteiger partial charge in [-0.1, -0.05) is 39.0 Å². The lowest BCUT2D eigenvalue weighted by molar-refractivity contribution is 0.0985. The molecule has 104 valence electrons. The molecule has 0 aromatic rings. The molecule has 0 spiro atoms. The van der Waals surface area contributed by atoms with Crippen LogP contribution in [0.25, 0.3) is 0 Å². The first-order valence-electron chi connectivity index (χ1n) is 7.04. The molecule has 0 aromatic carbocycles. The van der Waals surface area contributed by atoms with Crippen molar-refractivity contribution >= 4 is 0 Å². The van der Waals surface area contributed by atoms with Crippen molar-refractivity contribution in [2.24, 2.45) is 5.73 Å². The first-order valence-corrected chi connectivity index (χ1v) is 7.04. The van der Waals surface area contributed by atoms with Gasteiger partial charge in [0, 0.05) is 5.54 Å². The fourth-order valence-electron chi connectivity index (χ4n) is 2.54. The van der Waals surface area contributed by atoms with Gasteiger partial charge < -0.3 is 15.9 Å². The normalized spacial score (nSPS) is 18.7. The third-order valence-corrected chi connectivity index (χ3v) is 3.18. The van der Waals surface area contributed by atoms with Gasteiger partial charge in [-0.15, -0.1) is 0 Å². The molecule has 0 rings (SSSR count). The second-order valence-electron chi connectivity index (χ2n) is 5.63. The van der Waals surface area contributed by atoms with Gasteiger partial charge in [0.05, 0.1) is 12.2 Å². The average Bonchev–Trinajstić information content (AvgIpc) is 2.14. The molecule has 0 heterocycles. The summed E-state index contributed by atoms with van der Waals surface area (Å²) in [7, 11) is 0. The number of unbranched alkanes of at least 4 members (excludes halogenated alkanes) is 4. The molecule has 0 fully saturated rings. The Morgan fingerprint density at radius 2 is 1.41 bits per heavy atom. The van der Waals surface area contributed by atoms with Crippen LogP contribution < -0.4 is 5.73 Å². The highest BCUT2D eigenvalue weighted by atomic mass is 16.3. The second-order valence-corrected chi connectivity index (χ2v) is 5.63. The lowest BCUT2D eigenvalue weighted by Crippen LogP contribution is -2.44. The molecule has 4 N–H and O–H groups in total. The summed E-state index contributed by atoms with van der Waals surface area (Å²) >= 11 is 0. The van der Waals surface area contributed by atoms with Gasteiger partial charge in [-0.2, -0.15) is 0 Å². The molecule has 3 nitrogen and oxygen atoms in total. The van der Waals surface area contributed by atoms with E-state index in [1.165, 1.54) is 25.7 Å². The van der Waals surface area contributed by atoms with Crippen molar-refractivity contribution < 1.29 is 10.2 Å². The lowest BCUT2D eigenvalue weighted by Gasteiger charge is -2.32. The molecule has 17 heavy (non-hydrogen) atoms. The van der Waals surface area contributed by atoms with E-state index in [9.17, 15) is 10.2 Å². The van der Waals surface area contributed by atoms with Crippen LogP contribution in [0, 0.1) is 0 Å². The molecule has 0 aliphatic carbocycles. The summed E-state index contributed by atoms with van der Waals surface area (Å²) in [6.45, 7) is 5.73. The minimum atomic E-state index is -0.408. The number of aliphatic hydroxyl groups is 2. The molecule has 2 unspecified atom stereocenters. The van der Waals surface area contributed by atoms with Gasteiger partial charge in [0.1, 0.15) is 0 Å².